The number of halogens is 1. The zero-order valence-electron chi connectivity index (χ0n) is 27.0. The summed E-state index contributed by atoms with van der Waals surface area (Å²) in [6, 6.07) is 35.2. The predicted octanol–water partition coefficient (Wildman–Crippen LogP) is 8.31. The fourth-order valence-corrected chi connectivity index (χ4v) is 6.66. The Morgan fingerprint density at radius 1 is 0.880 bits per heavy atom. The number of allylic oxidation sites excluding steroid dienone is 1. The maximum absolute atomic E-state index is 14.7. The summed E-state index contributed by atoms with van der Waals surface area (Å²) < 4.78 is 14.4. The first kappa shape index (κ1) is 31.2. The zero-order chi connectivity index (χ0) is 34.4. The van der Waals surface area contributed by atoms with Crippen molar-refractivity contribution in [3.63, 3.8) is 0 Å². The van der Waals surface area contributed by atoms with Gasteiger partial charge in [-0.2, -0.15) is 10.1 Å². The lowest BCUT2D eigenvalue weighted by Gasteiger charge is -2.35. The number of anilines is 1. The average molecular weight is 726 g/mol. The van der Waals surface area contributed by atoms with Gasteiger partial charge in [-0.3, -0.25) is 9.69 Å². The average Bonchev–Trinajstić information content (AvgIpc) is 3.88. The van der Waals surface area contributed by atoms with Crippen molar-refractivity contribution in [1.82, 2.24) is 14.7 Å². The summed E-state index contributed by atoms with van der Waals surface area (Å²) in [6.07, 6.45) is 1.89. The molecule has 0 fully saturated rings. The molecule has 11 heteroatoms. The summed E-state index contributed by atoms with van der Waals surface area (Å²) in [5.41, 5.74) is 4.86. The van der Waals surface area contributed by atoms with Crippen molar-refractivity contribution in [2.75, 3.05) is 11.6 Å². The van der Waals surface area contributed by atoms with Crippen molar-refractivity contribution in [2.24, 2.45) is 10.1 Å². The highest BCUT2D eigenvalue weighted by atomic mass is 79.9. The topological polar surface area (TPSA) is 106 Å². The van der Waals surface area contributed by atoms with Gasteiger partial charge < -0.3 is 9.15 Å². The predicted molar refractivity (Wildman–Crippen MR) is 195 cm³/mol. The SMILES string of the molecule is CCOC(=O)C1=C(C)N=C2N(c3ccccc3)N=C(C(=O)c3cc4cc(Br)ccc4o3)N2C1c1cn(-c2ccccc2)nc1-c1ccccc1. The van der Waals surface area contributed by atoms with Gasteiger partial charge in [0.05, 0.1) is 34.9 Å². The minimum Gasteiger partial charge on any atom is -0.463 e. The molecule has 0 saturated carbocycles. The van der Waals surface area contributed by atoms with Crippen LogP contribution < -0.4 is 5.01 Å². The molecule has 0 bridgehead atoms. The van der Waals surface area contributed by atoms with E-state index in [0.29, 0.717) is 34.2 Å². The number of para-hydroxylation sites is 2. The van der Waals surface area contributed by atoms with Crippen molar-refractivity contribution in [1.29, 1.82) is 0 Å². The quantitative estimate of drug-likeness (QED) is 0.115. The highest BCUT2D eigenvalue weighted by molar-refractivity contribution is 9.10. The summed E-state index contributed by atoms with van der Waals surface area (Å²) >= 11 is 3.50. The third kappa shape index (κ3) is 5.41. The van der Waals surface area contributed by atoms with Gasteiger partial charge >= 0.3 is 5.97 Å². The highest BCUT2D eigenvalue weighted by Crippen LogP contribution is 2.44. The number of Topliss-reactive ketones (excluding diaryl/α,β-unsaturated/α-hetero) is 1. The number of benzene rings is 4. The van der Waals surface area contributed by atoms with Crippen LogP contribution in [0.25, 0.3) is 27.9 Å². The van der Waals surface area contributed by atoms with Crippen LogP contribution in [0.1, 0.15) is 36.0 Å². The van der Waals surface area contributed by atoms with Gasteiger partial charge in [-0.05, 0) is 62.4 Å². The number of carbonyl (C=O) groups is 2. The van der Waals surface area contributed by atoms with Crippen LogP contribution >= 0.6 is 15.9 Å². The van der Waals surface area contributed by atoms with E-state index in [-0.39, 0.29) is 23.8 Å². The maximum Gasteiger partial charge on any atom is 0.338 e. The van der Waals surface area contributed by atoms with E-state index in [0.717, 1.165) is 21.1 Å². The summed E-state index contributed by atoms with van der Waals surface area (Å²) in [7, 11) is 0. The number of esters is 1. The van der Waals surface area contributed by atoms with E-state index in [2.05, 4.69) is 15.9 Å². The van der Waals surface area contributed by atoms with Crippen molar-refractivity contribution in [3.8, 4) is 16.9 Å². The molecule has 4 aromatic carbocycles. The van der Waals surface area contributed by atoms with Gasteiger partial charge in [0.2, 0.25) is 11.8 Å². The molecule has 0 radical (unpaired) electrons. The molecule has 0 N–H and O–H groups in total. The minimum atomic E-state index is -0.913. The molecule has 0 aliphatic carbocycles. The monoisotopic (exact) mass is 724 g/mol. The normalized spacial score (nSPS) is 15.6. The van der Waals surface area contributed by atoms with E-state index in [1.165, 1.54) is 0 Å². The van der Waals surface area contributed by atoms with E-state index in [4.69, 9.17) is 24.3 Å². The van der Waals surface area contributed by atoms with Crippen LogP contribution in [0.15, 0.2) is 152 Å². The molecule has 2 aliphatic heterocycles. The number of guanidine groups is 1. The number of ketones is 1. The molecule has 4 heterocycles. The molecule has 1 atom stereocenters. The minimum absolute atomic E-state index is 0.0245. The Hall–Kier alpha value is -6.07. The number of aromatic nitrogens is 2. The molecule has 0 saturated heterocycles. The van der Waals surface area contributed by atoms with Crippen molar-refractivity contribution < 1.29 is 18.7 Å². The van der Waals surface area contributed by atoms with Gasteiger partial charge in [0, 0.05) is 27.2 Å². The highest BCUT2D eigenvalue weighted by Gasteiger charge is 2.48. The second-order valence-corrected chi connectivity index (χ2v) is 12.6. The molecule has 0 amide bonds. The number of hydrogen-bond acceptors (Lipinski definition) is 9. The molecule has 1 unspecified atom stereocenters. The van der Waals surface area contributed by atoms with Crippen molar-refractivity contribution in [2.45, 2.75) is 19.9 Å². The van der Waals surface area contributed by atoms with E-state index in [1.54, 1.807) is 40.6 Å². The summed E-state index contributed by atoms with van der Waals surface area (Å²) in [4.78, 5) is 35.3. The van der Waals surface area contributed by atoms with Crippen LogP contribution in [0.2, 0.25) is 0 Å². The molecular formula is C39H29BrN6O4. The van der Waals surface area contributed by atoms with Crippen LogP contribution in [0.3, 0.4) is 0 Å². The van der Waals surface area contributed by atoms with Gasteiger partial charge in [-0.25, -0.2) is 14.5 Å². The Morgan fingerprint density at radius 3 is 2.26 bits per heavy atom. The van der Waals surface area contributed by atoms with Gasteiger partial charge in [0.1, 0.15) is 11.6 Å². The first-order valence-corrected chi connectivity index (χ1v) is 16.8. The lowest BCUT2D eigenvalue weighted by molar-refractivity contribution is -0.139. The van der Waals surface area contributed by atoms with Gasteiger partial charge in [-0.15, -0.1) is 5.10 Å². The number of aliphatic imine (C=N–C) groups is 1. The molecular weight excluding hydrogens is 696 g/mol. The van der Waals surface area contributed by atoms with Gasteiger partial charge in [0.15, 0.2) is 5.76 Å². The van der Waals surface area contributed by atoms with Crippen LogP contribution in [0.4, 0.5) is 5.69 Å². The van der Waals surface area contributed by atoms with Crippen LogP contribution in [0.5, 0.6) is 0 Å². The Kier molecular flexibility index (Phi) is 7.96. The Balaban J connectivity index is 1.38. The van der Waals surface area contributed by atoms with Gasteiger partial charge in [0.25, 0.3) is 5.78 Å². The molecule has 10 nitrogen and oxygen atoms in total. The Bertz CT molecular complexity index is 2360. The smallest absolute Gasteiger partial charge is 0.338 e. The number of amidine groups is 1. The number of ether oxygens (including phenoxy) is 1. The Labute approximate surface area is 295 Å². The number of rotatable bonds is 8. The van der Waals surface area contributed by atoms with Crippen LogP contribution in [-0.4, -0.2) is 44.8 Å². The first-order chi connectivity index (χ1) is 24.4. The number of hydrogen-bond donors (Lipinski definition) is 0. The summed E-state index contributed by atoms with van der Waals surface area (Å²) in [5.74, 6) is -0.565. The number of carbonyl (C=O) groups excluding carboxylic acids is 2. The van der Waals surface area contributed by atoms with Crippen molar-refractivity contribution >= 4 is 56.1 Å². The van der Waals surface area contributed by atoms with E-state index in [1.807, 2.05) is 109 Å². The fourth-order valence-electron chi connectivity index (χ4n) is 6.28. The first-order valence-electron chi connectivity index (χ1n) is 16.0. The number of hydrazone groups is 1. The summed E-state index contributed by atoms with van der Waals surface area (Å²) in [6.45, 7) is 3.68. The van der Waals surface area contributed by atoms with E-state index < -0.39 is 17.8 Å². The molecule has 6 aromatic rings. The third-order valence-corrected chi connectivity index (χ3v) is 9.02. The molecule has 2 aromatic heterocycles. The zero-order valence-corrected chi connectivity index (χ0v) is 28.6. The lowest BCUT2D eigenvalue weighted by Crippen LogP contribution is -2.47. The second kappa shape index (κ2) is 12.8. The number of nitrogens with zero attached hydrogens (tertiary/aromatic N) is 6. The van der Waals surface area contributed by atoms with E-state index >= 15 is 0 Å². The molecule has 246 valence electrons. The molecule has 2 aliphatic rings. The standard InChI is InChI=1S/C39H29BrN6O4/c1-3-49-38(48)33-24(2)41-39-45(35(33)30-23-44(28-15-9-5-10-16-28)42-34(30)25-13-7-4-8-14-25)37(43-46(39)29-17-11-6-12-18-29)36(47)32-22-26-21-27(40)19-20-31(26)50-32/h4-23,35H,3H2,1-2H3. The lowest BCUT2D eigenvalue weighted by atomic mass is 9.92. The summed E-state index contributed by atoms with van der Waals surface area (Å²) in [5, 5.41) is 12.3. The molecule has 50 heavy (non-hydrogen) atoms. The van der Waals surface area contributed by atoms with Crippen LogP contribution in [0, 0.1) is 0 Å². The molecule has 8 rings (SSSR count). The Morgan fingerprint density at radius 2 is 1.56 bits per heavy atom. The number of furan rings is 1. The largest absolute Gasteiger partial charge is 0.463 e. The third-order valence-electron chi connectivity index (χ3n) is 8.52. The second-order valence-electron chi connectivity index (χ2n) is 11.7. The van der Waals surface area contributed by atoms with E-state index in [9.17, 15) is 9.59 Å². The van der Waals surface area contributed by atoms with Crippen LogP contribution in [-0.2, 0) is 9.53 Å². The molecule has 0 spiro atoms. The number of fused-ring (bicyclic) bond motifs is 2. The van der Waals surface area contributed by atoms with Gasteiger partial charge in [-0.1, -0.05) is 82.7 Å². The van der Waals surface area contributed by atoms with Crippen molar-refractivity contribution in [3.05, 3.63) is 149 Å². The fraction of sp³-hybridized carbons (Fsp3) is 0.103. The maximum atomic E-state index is 14.7.